The van der Waals surface area contributed by atoms with Crippen molar-refractivity contribution in [3.05, 3.63) is 0 Å². The second-order valence-electron chi connectivity index (χ2n) is 11.1. The normalized spacial score (nSPS) is 19.8. The topological polar surface area (TPSA) is 93.1 Å². The van der Waals surface area contributed by atoms with Gasteiger partial charge in [-0.2, -0.15) is 0 Å². The summed E-state index contributed by atoms with van der Waals surface area (Å²) in [6.07, 6.45) is 0.0760. The highest BCUT2D eigenvalue weighted by Gasteiger charge is 2.42. The average Bonchev–Trinajstić information content (AvgIpc) is 2.98. The Morgan fingerprint density at radius 1 is 1.06 bits per heavy atom. The number of hydrogen-bond acceptors (Lipinski definition) is 5. The highest BCUT2D eigenvalue weighted by molar-refractivity contribution is 5.81. The molecule has 1 fully saturated rings. The van der Waals surface area contributed by atoms with Gasteiger partial charge in [-0.1, -0.05) is 62.3 Å². The summed E-state index contributed by atoms with van der Waals surface area (Å²) in [7, 11) is 0. The second-order valence-corrected chi connectivity index (χ2v) is 11.1. The van der Waals surface area contributed by atoms with Gasteiger partial charge in [0, 0.05) is 6.42 Å². The number of amides is 1. The van der Waals surface area contributed by atoms with E-state index in [0.29, 0.717) is 10.8 Å². The van der Waals surface area contributed by atoms with E-state index in [2.05, 4.69) is 48.5 Å². The Hall–Kier alpha value is -1.79. The summed E-state index contributed by atoms with van der Waals surface area (Å²) < 4.78 is 9.81. The van der Waals surface area contributed by atoms with Crippen LogP contribution in [0, 0.1) is 16.7 Å². The quantitative estimate of drug-likeness (QED) is 0.554. The summed E-state index contributed by atoms with van der Waals surface area (Å²) >= 11 is 0. The second kappa shape index (κ2) is 12.9. The minimum absolute atomic E-state index is 0.0324. The van der Waals surface area contributed by atoms with Gasteiger partial charge in [-0.05, 0) is 43.9 Å². The standard InChI is InChI=1S/C11H17NO6.C11H24.C2H6/c1-11(2,3)18-10(16)12-5-7(17-6-13)4-8(12)9(14)15;1-9(11(5,6)7)8-10(2,3)4;1-2/h6-8H,4-5H2,1-3H3,(H,14,15);9H,8H2,1-7H3;1-2H3/t7-,8+;;/m1../s1. The maximum absolute atomic E-state index is 11.8. The number of aliphatic carboxylic acids is 1. The van der Waals surface area contributed by atoms with Gasteiger partial charge in [0.05, 0.1) is 6.54 Å². The lowest BCUT2D eigenvalue weighted by molar-refractivity contribution is -0.142. The van der Waals surface area contributed by atoms with Crippen molar-refractivity contribution in [1.29, 1.82) is 0 Å². The fourth-order valence-corrected chi connectivity index (χ4v) is 2.96. The molecule has 7 heteroatoms. The molecule has 0 aliphatic carbocycles. The first-order valence-corrected chi connectivity index (χ1v) is 11.2. The monoisotopic (exact) mass is 445 g/mol. The fourth-order valence-electron chi connectivity index (χ4n) is 2.96. The fraction of sp³-hybridized carbons (Fsp3) is 0.875. The SMILES string of the molecule is CC.CC(C)(C)OC(=O)N1C[C@H](OC=O)C[C@H]1C(=O)O.CC(CC(C)(C)C)C(C)(C)C. The number of carboxylic acids is 1. The summed E-state index contributed by atoms with van der Waals surface area (Å²) in [5.41, 5.74) is 0.240. The van der Waals surface area contributed by atoms with E-state index in [1.807, 2.05) is 13.8 Å². The van der Waals surface area contributed by atoms with Gasteiger partial charge in [0.1, 0.15) is 17.7 Å². The molecule has 1 saturated heterocycles. The molecule has 0 aromatic heterocycles. The van der Waals surface area contributed by atoms with Crippen molar-refractivity contribution in [2.24, 2.45) is 16.7 Å². The molecular formula is C24H47NO6. The van der Waals surface area contributed by atoms with E-state index in [1.54, 1.807) is 20.8 Å². The van der Waals surface area contributed by atoms with Crippen molar-refractivity contribution < 1.29 is 29.0 Å². The third-order valence-corrected chi connectivity index (χ3v) is 4.82. The minimum Gasteiger partial charge on any atom is -0.480 e. The van der Waals surface area contributed by atoms with Crippen molar-refractivity contribution in [2.45, 2.75) is 114 Å². The zero-order valence-corrected chi connectivity index (χ0v) is 21.9. The largest absolute Gasteiger partial charge is 0.480 e. The Kier molecular flexibility index (Phi) is 13.1. The molecule has 3 atom stereocenters. The van der Waals surface area contributed by atoms with Crippen molar-refractivity contribution in [3.63, 3.8) is 0 Å². The molecule has 0 aromatic rings. The number of ether oxygens (including phenoxy) is 2. The van der Waals surface area contributed by atoms with Gasteiger partial charge in [-0.25, -0.2) is 9.59 Å². The van der Waals surface area contributed by atoms with E-state index in [9.17, 15) is 14.4 Å². The van der Waals surface area contributed by atoms with E-state index >= 15 is 0 Å². The van der Waals surface area contributed by atoms with E-state index in [0.717, 1.165) is 10.8 Å². The molecule has 0 saturated carbocycles. The van der Waals surface area contributed by atoms with Gasteiger partial charge >= 0.3 is 12.1 Å². The highest BCUT2D eigenvalue weighted by Crippen LogP contribution is 2.35. The first-order valence-electron chi connectivity index (χ1n) is 11.2. The number of carbonyl (C=O) groups excluding carboxylic acids is 2. The third-order valence-electron chi connectivity index (χ3n) is 4.82. The molecular weight excluding hydrogens is 398 g/mol. The lowest BCUT2D eigenvalue weighted by Crippen LogP contribution is -2.43. The van der Waals surface area contributed by atoms with Gasteiger partial charge in [0.25, 0.3) is 6.47 Å². The van der Waals surface area contributed by atoms with Gasteiger partial charge < -0.3 is 14.6 Å². The predicted octanol–water partition coefficient (Wildman–Crippen LogP) is 5.75. The van der Waals surface area contributed by atoms with Crippen molar-refractivity contribution in [2.75, 3.05) is 6.54 Å². The van der Waals surface area contributed by atoms with Crippen molar-refractivity contribution >= 4 is 18.5 Å². The average molecular weight is 446 g/mol. The number of hydrogen-bond donors (Lipinski definition) is 1. The summed E-state index contributed by atoms with van der Waals surface area (Å²) in [6, 6.07) is -1.02. The molecule has 1 unspecified atom stereocenters. The first kappa shape index (κ1) is 31.4. The molecule has 0 radical (unpaired) electrons. The molecule has 1 aliphatic heterocycles. The van der Waals surface area contributed by atoms with Crippen molar-refractivity contribution in [1.82, 2.24) is 4.90 Å². The molecule has 0 aromatic carbocycles. The molecule has 7 nitrogen and oxygen atoms in total. The summed E-state index contributed by atoms with van der Waals surface area (Å²) in [6.45, 7) is 25.6. The highest BCUT2D eigenvalue weighted by atomic mass is 16.6. The summed E-state index contributed by atoms with van der Waals surface area (Å²) in [5.74, 6) is -0.333. The summed E-state index contributed by atoms with van der Waals surface area (Å²) in [4.78, 5) is 34.2. The zero-order chi connectivity index (χ0) is 25.2. The van der Waals surface area contributed by atoms with Crippen LogP contribution in [0.2, 0.25) is 0 Å². The molecule has 1 heterocycles. The number of carbonyl (C=O) groups is 3. The Bertz CT molecular complexity index is 554. The van der Waals surface area contributed by atoms with Crippen LogP contribution in [0.4, 0.5) is 4.79 Å². The number of carboxylic acid groups (broad SMARTS) is 1. The lowest BCUT2D eigenvalue weighted by Gasteiger charge is -2.32. The first-order chi connectivity index (χ1) is 13.9. The van der Waals surface area contributed by atoms with Gasteiger partial charge in [-0.15, -0.1) is 0 Å². The summed E-state index contributed by atoms with van der Waals surface area (Å²) in [5, 5.41) is 9.02. The Morgan fingerprint density at radius 3 is 1.84 bits per heavy atom. The lowest BCUT2D eigenvalue weighted by atomic mass is 9.73. The molecule has 1 N–H and O–H groups in total. The number of nitrogens with zero attached hydrogens (tertiary/aromatic N) is 1. The molecule has 1 amide bonds. The number of rotatable bonds is 4. The van der Waals surface area contributed by atoms with Crippen LogP contribution in [0.1, 0.15) is 95.9 Å². The Labute approximate surface area is 189 Å². The van der Waals surface area contributed by atoms with Crippen LogP contribution >= 0.6 is 0 Å². The molecule has 0 spiro atoms. The van der Waals surface area contributed by atoms with Crippen molar-refractivity contribution in [3.8, 4) is 0 Å². The number of likely N-dealkylation sites (tertiary alicyclic amines) is 1. The van der Waals surface area contributed by atoms with Crippen LogP contribution in [-0.2, 0) is 19.1 Å². The van der Waals surface area contributed by atoms with E-state index in [1.165, 1.54) is 6.42 Å². The van der Waals surface area contributed by atoms with Crippen LogP contribution in [0.15, 0.2) is 0 Å². The molecule has 31 heavy (non-hydrogen) atoms. The maximum Gasteiger partial charge on any atom is 0.411 e. The van der Waals surface area contributed by atoms with E-state index < -0.39 is 29.8 Å². The van der Waals surface area contributed by atoms with E-state index in [4.69, 9.17) is 14.6 Å². The molecule has 1 aliphatic rings. The van der Waals surface area contributed by atoms with Gasteiger partial charge in [-0.3, -0.25) is 9.69 Å². The van der Waals surface area contributed by atoms with Gasteiger partial charge in [0.15, 0.2) is 0 Å². The Morgan fingerprint density at radius 2 is 1.55 bits per heavy atom. The Balaban J connectivity index is 0. The third kappa shape index (κ3) is 14.0. The molecule has 0 bridgehead atoms. The predicted molar refractivity (Wildman–Crippen MR) is 124 cm³/mol. The minimum atomic E-state index is -1.14. The zero-order valence-electron chi connectivity index (χ0n) is 21.9. The van der Waals surface area contributed by atoms with Crippen LogP contribution in [0.5, 0.6) is 0 Å². The smallest absolute Gasteiger partial charge is 0.411 e. The van der Waals surface area contributed by atoms with Crippen LogP contribution < -0.4 is 0 Å². The van der Waals surface area contributed by atoms with Crippen LogP contribution in [0.3, 0.4) is 0 Å². The van der Waals surface area contributed by atoms with E-state index in [-0.39, 0.29) is 19.4 Å². The maximum atomic E-state index is 11.8. The molecule has 1 rings (SSSR count). The van der Waals surface area contributed by atoms with Crippen LogP contribution in [-0.4, -0.2) is 52.8 Å². The van der Waals surface area contributed by atoms with Crippen LogP contribution in [0.25, 0.3) is 0 Å². The van der Waals surface area contributed by atoms with Gasteiger partial charge in [0.2, 0.25) is 0 Å². The molecule has 184 valence electrons.